The number of carbonyl (C=O) groups excluding carboxylic acids is 1. The summed E-state index contributed by atoms with van der Waals surface area (Å²) >= 11 is 0. The molecule has 128 valence electrons. The topological polar surface area (TPSA) is 84.2 Å². The van der Waals surface area contributed by atoms with Gasteiger partial charge in [0.1, 0.15) is 0 Å². The Bertz CT molecular complexity index is 755. The number of benzene rings is 1. The standard InChI is InChI=1S/C18H23N3O3/c1-11(12-6-8-13(9-7-12)18(2,3)4)19-16(22)14-10-21(5)20-15(14)17(23)24/h6-11H,1-5H3,(H,19,22)(H,23,24). The molecule has 2 N–H and O–H groups in total. The smallest absolute Gasteiger partial charge is 0.357 e. The van der Waals surface area contributed by atoms with Crippen LogP contribution in [-0.4, -0.2) is 26.8 Å². The molecule has 1 heterocycles. The van der Waals surface area contributed by atoms with Crippen LogP contribution in [0, 0.1) is 0 Å². The van der Waals surface area contributed by atoms with E-state index in [-0.39, 0.29) is 22.7 Å². The molecule has 1 amide bonds. The van der Waals surface area contributed by atoms with Crippen LogP contribution in [0.15, 0.2) is 30.5 Å². The number of nitrogens with one attached hydrogen (secondary N) is 1. The second kappa shape index (κ2) is 6.47. The van der Waals surface area contributed by atoms with Crippen LogP contribution in [0.3, 0.4) is 0 Å². The van der Waals surface area contributed by atoms with E-state index in [0.29, 0.717) is 0 Å². The van der Waals surface area contributed by atoms with Crippen LogP contribution in [0.4, 0.5) is 0 Å². The lowest BCUT2D eigenvalue weighted by molar-refractivity contribution is 0.0683. The molecular weight excluding hydrogens is 306 g/mol. The van der Waals surface area contributed by atoms with Gasteiger partial charge in [-0.3, -0.25) is 9.48 Å². The Balaban J connectivity index is 2.16. The highest BCUT2D eigenvalue weighted by atomic mass is 16.4. The van der Waals surface area contributed by atoms with E-state index in [2.05, 4.69) is 31.2 Å². The van der Waals surface area contributed by atoms with E-state index in [4.69, 9.17) is 5.11 Å². The van der Waals surface area contributed by atoms with Gasteiger partial charge in [-0.05, 0) is 23.5 Å². The van der Waals surface area contributed by atoms with Gasteiger partial charge in [0.15, 0.2) is 5.69 Å². The van der Waals surface area contributed by atoms with Crippen molar-refractivity contribution in [1.29, 1.82) is 0 Å². The minimum absolute atomic E-state index is 0.0585. The van der Waals surface area contributed by atoms with Gasteiger partial charge in [0.05, 0.1) is 11.6 Å². The summed E-state index contributed by atoms with van der Waals surface area (Å²) in [4.78, 5) is 23.5. The number of hydrogen-bond acceptors (Lipinski definition) is 3. The van der Waals surface area contributed by atoms with Crippen molar-refractivity contribution in [2.24, 2.45) is 7.05 Å². The summed E-state index contributed by atoms with van der Waals surface area (Å²) in [5.41, 5.74) is 2.05. The summed E-state index contributed by atoms with van der Waals surface area (Å²) in [6, 6.07) is 7.81. The highest BCUT2D eigenvalue weighted by molar-refractivity contribution is 6.03. The van der Waals surface area contributed by atoms with E-state index in [0.717, 1.165) is 5.56 Å². The number of hydrogen-bond donors (Lipinski definition) is 2. The highest BCUT2D eigenvalue weighted by Gasteiger charge is 2.22. The summed E-state index contributed by atoms with van der Waals surface area (Å²) in [5, 5.41) is 15.8. The summed E-state index contributed by atoms with van der Waals surface area (Å²) in [7, 11) is 1.58. The number of aryl methyl sites for hydroxylation is 1. The largest absolute Gasteiger partial charge is 0.476 e. The third-order valence-electron chi connectivity index (χ3n) is 3.90. The van der Waals surface area contributed by atoms with E-state index in [1.165, 1.54) is 16.4 Å². The van der Waals surface area contributed by atoms with E-state index in [9.17, 15) is 9.59 Å². The van der Waals surface area contributed by atoms with Crippen molar-refractivity contribution in [3.63, 3.8) is 0 Å². The molecule has 0 aliphatic carbocycles. The normalized spacial score (nSPS) is 12.7. The van der Waals surface area contributed by atoms with Gasteiger partial charge in [0.2, 0.25) is 0 Å². The first-order valence-electron chi connectivity index (χ1n) is 7.78. The average molecular weight is 329 g/mol. The molecule has 0 fully saturated rings. The molecule has 2 rings (SSSR count). The third kappa shape index (κ3) is 3.82. The van der Waals surface area contributed by atoms with Crippen molar-refractivity contribution in [2.45, 2.75) is 39.2 Å². The summed E-state index contributed by atoms with van der Waals surface area (Å²) in [6.45, 7) is 8.29. The van der Waals surface area contributed by atoms with Gasteiger partial charge < -0.3 is 10.4 Å². The number of nitrogens with zero attached hydrogens (tertiary/aromatic N) is 2. The fraction of sp³-hybridized carbons (Fsp3) is 0.389. The SMILES string of the molecule is CC(NC(=O)c1cn(C)nc1C(=O)O)c1ccc(C(C)(C)C)cc1. The molecule has 2 aromatic rings. The lowest BCUT2D eigenvalue weighted by atomic mass is 9.86. The Hall–Kier alpha value is -2.63. The zero-order valence-electron chi connectivity index (χ0n) is 14.6. The van der Waals surface area contributed by atoms with E-state index < -0.39 is 11.9 Å². The van der Waals surface area contributed by atoms with Gasteiger partial charge in [-0.1, -0.05) is 45.0 Å². The van der Waals surface area contributed by atoms with Crippen molar-refractivity contribution in [1.82, 2.24) is 15.1 Å². The Kier molecular flexibility index (Phi) is 4.78. The van der Waals surface area contributed by atoms with Crippen molar-refractivity contribution in [3.05, 3.63) is 52.8 Å². The monoisotopic (exact) mass is 329 g/mol. The molecular formula is C18H23N3O3. The van der Waals surface area contributed by atoms with Crippen molar-refractivity contribution >= 4 is 11.9 Å². The molecule has 1 unspecified atom stereocenters. The predicted molar refractivity (Wildman–Crippen MR) is 91.2 cm³/mol. The molecule has 0 radical (unpaired) electrons. The Labute approximate surface area is 141 Å². The molecule has 0 saturated carbocycles. The minimum atomic E-state index is -1.22. The van der Waals surface area contributed by atoms with E-state index >= 15 is 0 Å². The van der Waals surface area contributed by atoms with Crippen molar-refractivity contribution in [3.8, 4) is 0 Å². The number of aromatic nitrogens is 2. The van der Waals surface area contributed by atoms with Crippen LogP contribution in [0.1, 0.15) is 65.7 Å². The summed E-state index contributed by atoms with van der Waals surface area (Å²) in [6.07, 6.45) is 1.41. The van der Waals surface area contributed by atoms with Gasteiger partial charge in [0, 0.05) is 13.2 Å². The first kappa shape index (κ1) is 17.7. The highest BCUT2D eigenvalue weighted by Crippen LogP contribution is 2.24. The maximum Gasteiger partial charge on any atom is 0.357 e. The number of carbonyl (C=O) groups is 2. The molecule has 1 aromatic heterocycles. The lowest BCUT2D eigenvalue weighted by Crippen LogP contribution is -2.27. The van der Waals surface area contributed by atoms with Gasteiger partial charge in [-0.2, -0.15) is 5.10 Å². The number of aromatic carboxylic acids is 1. The fourth-order valence-electron chi connectivity index (χ4n) is 2.44. The fourth-order valence-corrected chi connectivity index (χ4v) is 2.44. The quantitative estimate of drug-likeness (QED) is 0.903. The first-order valence-corrected chi connectivity index (χ1v) is 7.78. The van der Waals surface area contributed by atoms with Crippen LogP contribution in [-0.2, 0) is 12.5 Å². The minimum Gasteiger partial charge on any atom is -0.476 e. The zero-order chi connectivity index (χ0) is 18.1. The first-order chi connectivity index (χ1) is 11.1. The second-order valence-corrected chi connectivity index (χ2v) is 6.94. The molecule has 0 saturated heterocycles. The third-order valence-corrected chi connectivity index (χ3v) is 3.90. The number of carboxylic acid groups (broad SMARTS) is 1. The molecule has 0 aliphatic rings. The van der Waals surface area contributed by atoms with Gasteiger partial charge in [-0.25, -0.2) is 4.79 Å². The predicted octanol–water partition coefficient (Wildman–Crippen LogP) is 2.91. The maximum absolute atomic E-state index is 12.4. The van der Waals surface area contributed by atoms with Crippen molar-refractivity contribution in [2.75, 3.05) is 0 Å². The maximum atomic E-state index is 12.4. The Morgan fingerprint density at radius 3 is 2.29 bits per heavy atom. The Morgan fingerprint density at radius 2 is 1.79 bits per heavy atom. The molecule has 6 heteroatoms. The molecule has 1 aromatic carbocycles. The number of rotatable bonds is 4. The van der Waals surface area contributed by atoms with Crippen LogP contribution in [0.25, 0.3) is 0 Å². The van der Waals surface area contributed by atoms with E-state index in [1.54, 1.807) is 7.05 Å². The number of carboxylic acids is 1. The zero-order valence-corrected chi connectivity index (χ0v) is 14.6. The lowest BCUT2D eigenvalue weighted by Gasteiger charge is -2.20. The molecule has 6 nitrogen and oxygen atoms in total. The second-order valence-electron chi connectivity index (χ2n) is 6.94. The molecule has 1 atom stereocenters. The number of amides is 1. The molecule has 0 spiro atoms. The van der Waals surface area contributed by atoms with E-state index in [1.807, 2.05) is 31.2 Å². The van der Waals surface area contributed by atoms with Crippen LogP contribution in [0.5, 0.6) is 0 Å². The van der Waals surface area contributed by atoms with Crippen LogP contribution in [0.2, 0.25) is 0 Å². The molecule has 24 heavy (non-hydrogen) atoms. The van der Waals surface area contributed by atoms with Crippen molar-refractivity contribution < 1.29 is 14.7 Å². The molecule has 0 bridgehead atoms. The van der Waals surface area contributed by atoms with Gasteiger partial charge in [-0.15, -0.1) is 0 Å². The molecule has 0 aliphatic heterocycles. The van der Waals surface area contributed by atoms with Gasteiger partial charge >= 0.3 is 5.97 Å². The van der Waals surface area contributed by atoms with Crippen LogP contribution < -0.4 is 5.32 Å². The summed E-state index contributed by atoms with van der Waals surface area (Å²) < 4.78 is 1.32. The average Bonchev–Trinajstić information content (AvgIpc) is 2.89. The summed E-state index contributed by atoms with van der Waals surface area (Å²) in [5.74, 6) is -1.67. The van der Waals surface area contributed by atoms with Crippen LogP contribution >= 0.6 is 0 Å². The Morgan fingerprint density at radius 1 is 1.21 bits per heavy atom. The van der Waals surface area contributed by atoms with Gasteiger partial charge in [0.25, 0.3) is 5.91 Å².